The van der Waals surface area contributed by atoms with E-state index in [1.54, 1.807) is 13.0 Å². The lowest BCUT2D eigenvalue weighted by Crippen LogP contribution is -2.16. The molecule has 0 aromatic carbocycles. The predicted octanol–water partition coefficient (Wildman–Crippen LogP) is 3.85. The molecular formula is C10H13F3. The van der Waals surface area contributed by atoms with E-state index in [2.05, 4.69) is 0 Å². The molecule has 1 aliphatic rings. The predicted molar refractivity (Wildman–Crippen MR) is 46.3 cm³/mol. The van der Waals surface area contributed by atoms with Gasteiger partial charge in [-0.15, -0.1) is 0 Å². The van der Waals surface area contributed by atoms with Gasteiger partial charge in [-0.05, 0) is 18.8 Å². The Balaban J connectivity index is 2.98. The van der Waals surface area contributed by atoms with Gasteiger partial charge in [-0.1, -0.05) is 31.6 Å². The number of hydrogen-bond donors (Lipinski definition) is 0. The molecule has 0 heterocycles. The maximum absolute atomic E-state index is 12.4. The summed E-state index contributed by atoms with van der Waals surface area (Å²) in [6, 6.07) is 0. The Hall–Kier alpha value is -0.730. The molecular weight excluding hydrogens is 177 g/mol. The van der Waals surface area contributed by atoms with Crippen LogP contribution in [0.5, 0.6) is 0 Å². The Kier molecular flexibility index (Phi) is 2.84. The molecule has 0 aromatic rings. The largest absolute Gasteiger partial charge is 0.416 e. The third-order valence-corrected chi connectivity index (χ3v) is 2.27. The Labute approximate surface area is 76.1 Å². The highest BCUT2D eigenvalue weighted by atomic mass is 19.4. The fourth-order valence-corrected chi connectivity index (χ4v) is 1.57. The molecule has 0 saturated heterocycles. The van der Waals surface area contributed by atoms with Crippen molar-refractivity contribution in [2.24, 2.45) is 5.92 Å². The molecule has 0 radical (unpaired) electrons. The van der Waals surface area contributed by atoms with Crippen molar-refractivity contribution in [3.63, 3.8) is 0 Å². The minimum Gasteiger partial charge on any atom is -0.166 e. The Bertz CT molecular complexity index is 245. The van der Waals surface area contributed by atoms with Crippen molar-refractivity contribution in [2.45, 2.75) is 32.9 Å². The van der Waals surface area contributed by atoms with Gasteiger partial charge in [0.2, 0.25) is 0 Å². The first-order chi connectivity index (χ1) is 5.95. The molecule has 13 heavy (non-hydrogen) atoms. The van der Waals surface area contributed by atoms with Crippen LogP contribution in [-0.4, -0.2) is 6.18 Å². The van der Waals surface area contributed by atoms with Crippen molar-refractivity contribution in [3.05, 3.63) is 23.3 Å². The third-order valence-electron chi connectivity index (χ3n) is 2.27. The van der Waals surface area contributed by atoms with Gasteiger partial charge in [0.15, 0.2) is 0 Å². The van der Waals surface area contributed by atoms with Gasteiger partial charge in [0.25, 0.3) is 0 Å². The summed E-state index contributed by atoms with van der Waals surface area (Å²) in [6.45, 7) is 3.70. The first-order valence-corrected chi connectivity index (χ1v) is 4.42. The second-order valence-electron chi connectivity index (χ2n) is 3.41. The van der Waals surface area contributed by atoms with Gasteiger partial charge in [-0.2, -0.15) is 13.2 Å². The number of rotatable bonds is 1. The first-order valence-electron chi connectivity index (χ1n) is 4.42. The monoisotopic (exact) mass is 190 g/mol. The summed E-state index contributed by atoms with van der Waals surface area (Å²) in [6.07, 6.45) is -0.303. The summed E-state index contributed by atoms with van der Waals surface area (Å²) in [7, 11) is 0. The highest BCUT2D eigenvalue weighted by Gasteiger charge is 2.35. The van der Waals surface area contributed by atoms with Crippen LogP contribution < -0.4 is 0 Å². The number of allylic oxidation sites excluding steroid dienone is 4. The molecule has 0 spiro atoms. The maximum Gasteiger partial charge on any atom is 0.416 e. The third kappa shape index (κ3) is 2.36. The van der Waals surface area contributed by atoms with E-state index >= 15 is 0 Å². The molecule has 0 saturated carbocycles. The van der Waals surface area contributed by atoms with E-state index in [1.165, 1.54) is 6.08 Å². The van der Waals surface area contributed by atoms with Crippen LogP contribution in [0.1, 0.15) is 26.7 Å². The van der Waals surface area contributed by atoms with Gasteiger partial charge >= 0.3 is 6.18 Å². The van der Waals surface area contributed by atoms with Crippen LogP contribution in [-0.2, 0) is 0 Å². The van der Waals surface area contributed by atoms with E-state index in [0.717, 1.165) is 0 Å². The Morgan fingerprint density at radius 3 is 2.54 bits per heavy atom. The zero-order valence-corrected chi connectivity index (χ0v) is 7.78. The summed E-state index contributed by atoms with van der Waals surface area (Å²) in [4.78, 5) is 0. The minimum atomic E-state index is -4.18. The van der Waals surface area contributed by atoms with Crippen molar-refractivity contribution in [1.29, 1.82) is 0 Å². The van der Waals surface area contributed by atoms with Crippen LogP contribution in [0.15, 0.2) is 23.3 Å². The minimum absolute atomic E-state index is 0.237. The molecule has 1 unspecified atom stereocenters. The highest BCUT2D eigenvalue weighted by molar-refractivity contribution is 5.34. The molecule has 0 amide bonds. The SMILES string of the molecule is CCC1=C(C(F)(F)F)C=CC(C)C1. The van der Waals surface area contributed by atoms with Crippen molar-refractivity contribution < 1.29 is 13.2 Å². The Morgan fingerprint density at radius 1 is 1.46 bits per heavy atom. The molecule has 0 nitrogen and oxygen atoms in total. The quantitative estimate of drug-likeness (QED) is 0.589. The van der Waals surface area contributed by atoms with Crippen LogP contribution in [0.3, 0.4) is 0 Å². The van der Waals surface area contributed by atoms with Gasteiger partial charge in [0.1, 0.15) is 0 Å². The van der Waals surface area contributed by atoms with Gasteiger partial charge in [0, 0.05) is 0 Å². The van der Waals surface area contributed by atoms with E-state index in [-0.39, 0.29) is 5.92 Å². The average Bonchev–Trinajstić information content (AvgIpc) is 2.01. The molecule has 74 valence electrons. The molecule has 0 bridgehead atoms. The van der Waals surface area contributed by atoms with Crippen molar-refractivity contribution in [1.82, 2.24) is 0 Å². The molecule has 1 atom stereocenters. The van der Waals surface area contributed by atoms with Gasteiger partial charge < -0.3 is 0 Å². The molecule has 0 N–H and O–H groups in total. The lowest BCUT2D eigenvalue weighted by Gasteiger charge is -2.20. The lowest BCUT2D eigenvalue weighted by molar-refractivity contribution is -0.0895. The second kappa shape index (κ2) is 3.56. The summed E-state index contributed by atoms with van der Waals surface area (Å²) in [5, 5.41) is 0. The summed E-state index contributed by atoms with van der Waals surface area (Å²) in [5.41, 5.74) is 0.0931. The second-order valence-corrected chi connectivity index (χ2v) is 3.41. The van der Waals surface area contributed by atoms with Crippen LogP contribution in [0.4, 0.5) is 13.2 Å². The first kappa shape index (κ1) is 10.4. The fraction of sp³-hybridized carbons (Fsp3) is 0.600. The summed E-state index contributed by atoms with van der Waals surface area (Å²) < 4.78 is 37.2. The van der Waals surface area contributed by atoms with Crippen LogP contribution >= 0.6 is 0 Å². The summed E-state index contributed by atoms with van der Waals surface area (Å²) in [5.74, 6) is 0.237. The van der Waals surface area contributed by atoms with Crippen LogP contribution in [0, 0.1) is 5.92 Å². The maximum atomic E-state index is 12.4. The van der Waals surface area contributed by atoms with Crippen molar-refractivity contribution >= 4 is 0 Å². The number of alkyl halides is 3. The van der Waals surface area contributed by atoms with E-state index < -0.39 is 11.7 Å². The van der Waals surface area contributed by atoms with E-state index in [9.17, 15) is 13.2 Å². The lowest BCUT2D eigenvalue weighted by atomic mass is 9.89. The van der Waals surface area contributed by atoms with Gasteiger partial charge in [-0.25, -0.2) is 0 Å². The van der Waals surface area contributed by atoms with Crippen molar-refractivity contribution in [3.8, 4) is 0 Å². The van der Waals surface area contributed by atoms with Gasteiger partial charge in [0.05, 0.1) is 5.57 Å². The molecule has 0 aromatic heterocycles. The Morgan fingerprint density at radius 2 is 2.08 bits per heavy atom. The summed E-state index contributed by atoms with van der Waals surface area (Å²) >= 11 is 0. The topological polar surface area (TPSA) is 0 Å². The molecule has 1 rings (SSSR count). The fourth-order valence-electron chi connectivity index (χ4n) is 1.57. The number of hydrogen-bond acceptors (Lipinski definition) is 0. The zero-order valence-electron chi connectivity index (χ0n) is 7.78. The van der Waals surface area contributed by atoms with Gasteiger partial charge in [-0.3, -0.25) is 0 Å². The van der Waals surface area contributed by atoms with Crippen LogP contribution in [0.2, 0.25) is 0 Å². The molecule has 0 fully saturated rings. The molecule has 3 heteroatoms. The zero-order chi connectivity index (χ0) is 10.1. The van der Waals surface area contributed by atoms with E-state index in [1.807, 2.05) is 6.92 Å². The normalized spacial score (nSPS) is 23.9. The number of halogens is 3. The molecule has 0 aliphatic heterocycles. The molecule has 1 aliphatic carbocycles. The standard InChI is InChI=1S/C10H13F3/c1-3-8-6-7(2)4-5-9(8)10(11,12)13/h4-5,7H,3,6H2,1-2H3. The average molecular weight is 190 g/mol. The van der Waals surface area contributed by atoms with Crippen molar-refractivity contribution in [2.75, 3.05) is 0 Å². The smallest absolute Gasteiger partial charge is 0.166 e. The highest BCUT2D eigenvalue weighted by Crippen LogP contribution is 2.36. The van der Waals surface area contributed by atoms with E-state index in [4.69, 9.17) is 0 Å². The van der Waals surface area contributed by atoms with E-state index in [0.29, 0.717) is 18.4 Å². The van der Waals surface area contributed by atoms with Crippen LogP contribution in [0.25, 0.3) is 0 Å².